The molecule has 6 nitrogen and oxygen atoms in total. The first-order chi connectivity index (χ1) is 12.9. The van der Waals surface area contributed by atoms with E-state index in [4.69, 9.17) is 21.1 Å². The number of methoxy groups -OCH3 is 1. The zero-order chi connectivity index (χ0) is 19.7. The van der Waals surface area contributed by atoms with Gasteiger partial charge in [0.05, 0.1) is 35.0 Å². The third kappa shape index (κ3) is 3.37. The quantitative estimate of drug-likeness (QED) is 0.489. The fraction of sp³-hybridized carbons (Fsp3) is 0.350. The molecule has 0 amide bonds. The van der Waals surface area contributed by atoms with Gasteiger partial charge >= 0.3 is 5.97 Å². The highest BCUT2D eigenvalue weighted by molar-refractivity contribution is 6.33. The molecule has 0 radical (unpaired) electrons. The summed E-state index contributed by atoms with van der Waals surface area (Å²) >= 11 is 6.28. The van der Waals surface area contributed by atoms with Crippen molar-refractivity contribution in [3.63, 3.8) is 0 Å². The molecule has 3 aromatic rings. The Hall–Kier alpha value is -2.60. The Balaban J connectivity index is 2.49. The van der Waals surface area contributed by atoms with E-state index in [1.807, 2.05) is 19.9 Å². The lowest BCUT2D eigenvalue weighted by Crippen LogP contribution is -2.20. The summed E-state index contributed by atoms with van der Waals surface area (Å²) in [6.45, 7) is 5.93. The number of carbonyl (C=O) groups is 1. The van der Waals surface area contributed by atoms with Crippen molar-refractivity contribution in [2.75, 3.05) is 13.7 Å². The molecule has 2 heterocycles. The fourth-order valence-corrected chi connectivity index (χ4v) is 3.33. The molecule has 0 aliphatic rings. The molecule has 0 aliphatic heterocycles. The summed E-state index contributed by atoms with van der Waals surface area (Å²) < 4.78 is 12.2. The van der Waals surface area contributed by atoms with Crippen molar-refractivity contribution in [1.29, 1.82) is 0 Å². The Labute approximate surface area is 161 Å². The van der Waals surface area contributed by atoms with Crippen molar-refractivity contribution in [2.24, 2.45) is 0 Å². The lowest BCUT2D eigenvalue weighted by Gasteiger charge is -2.18. The van der Waals surface area contributed by atoms with Crippen molar-refractivity contribution in [2.45, 2.75) is 33.2 Å². The van der Waals surface area contributed by atoms with E-state index in [9.17, 15) is 9.59 Å². The summed E-state index contributed by atoms with van der Waals surface area (Å²) in [5.74, 6) is 0.0641. The highest BCUT2D eigenvalue weighted by Gasteiger charge is 2.20. The summed E-state index contributed by atoms with van der Waals surface area (Å²) in [6.07, 6.45) is 0. The molecule has 3 rings (SSSR count). The van der Waals surface area contributed by atoms with Crippen LogP contribution in [-0.4, -0.2) is 29.2 Å². The number of esters is 1. The third-order valence-electron chi connectivity index (χ3n) is 4.38. The predicted octanol–water partition coefficient (Wildman–Crippen LogP) is 3.90. The second-order valence-electron chi connectivity index (χ2n) is 6.46. The van der Waals surface area contributed by atoms with E-state index in [-0.39, 0.29) is 24.5 Å². The van der Waals surface area contributed by atoms with Gasteiger partial charge < -0.3 is 14.0 Å². The lowest BCUT2D eigenvalue weighted by atomic mass is 10.1. The van der Waals surface area contributed by atoms with Crippen LogP contribution in [0.15, 0.2) is 29.1 Å². The topological polar surface area (TPSA) is 70.4 Å². The zero-order valence-corrected chi connectivity index (χ0v) is 16.5. The predicted molar refractivity (Wildman–Crippen MR) is 106 cm³/mol. The van der Waals surface area contributed by atoms with E-state index in [2.05, 4.69) is 4.98 Å². The van der Waals surface area contributed by atoms with Crippen LogP contribution in [0.5, 0.6) is 5.75 Å². The Morgan fingerprint density at radius 1 is 1.22 bits per heavy atom. The number of benzene rings is 1. The van der Waals surface area contributed by atoms with Gasteiger partial charge in [0.25, 0.3) is 0 Å². The minimum Gasteiger partial charge on any atom is -0.493 e. The van der Waals surface area contributed by atoms with Crippen LogP contribution < -0.4 is 10.2 Å². The van der Waals surface area contributed by atoms with E-state index in [0.29, 0.717) is 32.7 Å². The maximum atomic E-state index is 13.0. The Morgan fingerprint density at radius 3 is 2.56 bits per heavy atom. The SMILES string of the molecule is CCOC(=O)Cn1c2nc(C(C)C)ccc2c(=O)c2ccc(Cl)c(OC)c21. The number of fused-ring (bicyclic) bond motifs is 2. The lowest BCUT2D eigenvalue weighted by molar-refractivity contribution is -0.143. The molecule has 0 atom stereocenters. The van der Waals surface area contributed by atoms with Crippen LogP contribution in [-0.2, 0) is 16.1 Å². The molecular weight excluding hydrogens is 368 g/mol. The maximum Gasteiger partial charge on any atom is 0.326 e. The van der Waals surface area contributed by atoms with Crippen molar-refractivity contribution in [1.82, 2.24) is 9.55 Å². The average Bonchev–Trinajstić information content (AvgIpc) is 2.64. The van der Waals surface area contributed by atoms with Gasteiger partial charge in [0, 0.05) is 5.69 Å². The number of ether oxygens (including phenoxy) is 2. The number of halogens is 1. The molecule has 0 saturated carbocycles. The van der Waals surface area contributed by atoms with E-state index in [1.54, 1.807) is 29.7 Å². The highest BCUT2D eigenvalue weighted by Crippen LogP contribution is 2.34. The molecule has 0 bridgehead atoms. The summed E-state index contributed by atoms with van der Waals surface area (Å²) in [6, 6.07) is 6.84. The van der Waals surface area contributed by atoms with Crippen molar-refractivity contribution >= 4 is 39.5 Å². The summed E-state index contributed by atoms with van der Waals surface area (Å²) in [7, 11) is 1.47. The normalized spacial score (nSPS) is 11.3. The third-order valence-corrected chi connectivity index (χ3v) is 4.68. The van der Waals surface area contributed by atoms with E-state index in [0.717, 1.165) is 5.69 Å². The number of hydrogen-bond acceptors (Lipinski definition) is 5. The number of rotatable bonds is 5. The van der Waals surface area contributed by atoms with E-state index in [1.165, 1.54) is 7.11 Å². The van der Waals surface area contributed by atoms with Crippen molar-refractivity contribution in [3.8, 4) is 5.75 Å². The maximum absolute atomic E-state index is 13.0. The van der Waals surface area contributed by atoms with Gasteiger partial charge in [-0.2, -0.15) is 0 Å². The van der Waals surface area contributed by atoms with E-state index < -0.39 is 5.97 Å². The van der Waals surface area contributed by atoms with Gasteiger partial charge in [-0.05, 0) is 37.1 Å². The molecule has 1 aromatic carbocycles. The second kappa shape index (κ2) is 7.56. The number of carbonyl (C=O) groups excluding carboxylic acids is 1. The summed E-state index contributed by atoms with van der Waals surface area (Å²) in [5, 5.41) is 1.19. The first-order valence-corrected chi connectivity index (χ1v) is 9.12. The van der Waals surface area contributed by atoms with Crippen LogP contribution in [0.25, 0.3) is 21.9 Å². The Bertz CT molecular complexity index is 1090. The van der Waals surface area contributed by atoms with Gasteiger partial charge in [-0.1, -0.05) is 25.4 Å². The molecule has 0 N–H and O–H groups in total. The molecule has 7 heteroatoms. The van der Waals surface area contributed by atoms with E-state index >= 15 is 0 Å². The molecule has 0 saturated heterocycles. The molecular formula is C20H21ClN2O4. The Morgan fingerprint density at radius 2 is 1.93 bits per heavy atom. The summed E-state index contributed by atoms with van der Waals surface area (Å²) in [5.41, 5.74) is 1.48. The number of aromatic nitrogens is 2. The van der Waals surface area contributed by atoms with Gasteiger partial charge in [0.15, 0.2) is 11.2 Å². The van der Waals surface area contributed by atoms with Crippen LogP contribution in [0.2, 0.25) is 5.02 Å². The number of pyridine rings is 2. The molecule has 0 fully saturated rings. The highest BCUT2D eigenvalue weighted by atomic mass is 35.5. The summed E-state index contributed by atoms with van der Waals surface area (Å²) in [4.78, 5) is 30.0. The van der Waals surface area contributed by atoms with Crippen molar-refractivity contribution < 1.29 is 14.3 Å². The molecule has 0 spiro atoms. The standard InChI is InChI=1S/C20H21ClN2O4/c1-5-27-16(24)10-23-17-12(6-8-14(21)19(17)26-4)18(25)13-7-9-15(11(2)3)22-20(13)23/h6-9,11H,5,10H2,1-4H3. The average molecular weight is 389 g/mol. The van der Waals surface area contributed by atoms with Gasteiger partial charge in [-0.25, -0.2) is 4.98 Å². The fourth-order valence-electron chi connectivity index (χ4n) is 3.10. The second-order valence-corrected chi connectivity index (χ2v) is 6.87. The minimum absolute atomic E-state index is 0.105. The molecule has 0 aliphatic carbocycles. The first-order valence-electron chi connectivity index (χ1n) is 8.74. The van der Waals surface area contributed by atoms with Gasteiger partial charge in [-0.15, -0.1) is 0 Å². The van der Waals surface area contributed by atoms with Crippen LogP contribution in [0.4, 0.5) is 0 Å². The largest absolute Gasteiger partial charge is 0.493 e. The number of hydrogen-bond donors (Lipinski definition) is 0. The van der Waals surface area contributed by atoms with Crippen LogP contribution in [0, 0.1) is 0 Å². The Kier molecular flexibility index (Phi) is 5.37. The molecule has 2 aromatic heterocycles. The van der Waals surface area contributed by atoms with Gasteiger partial charge in [-0.3, -0.25) is 9.59 Å². The minimum atomic E-state index is -0.428. The molecule has 27 heavy (non-hydrogen) atoms. The van der Waals surface area contributed by atoms with Crippen LogP contribution in [0.1, 0.15) is 32.4 Å². The monoisotopic (exact) mass is 388 g/mol. The first kappa shape index (κ1) is 19.2. The molecule has 0 unspecified atom stereocenters. The smallest absolute Gasteiger partial charge is 0.326 e. The molecule has 142 valence electrons. The van der Waals surface area contributed by atoms with Gasteiger partial charge in [0.1, 0.15) is 12.2 Å². The van der Waals surface area contributed by atoms with Crippen molar-refractivity contribution in [3.05, 3.63) is 45.2 Å². The van der Waals surface area contributed by atoms with Crippen LogP contribution >= 0.6 is 11.6 Å². The van der Waals surface area contributed by atoms with Gasteiger partial charge in [0.2, 0.25) is 0 Å². The zero-order valence-electron chi connectivity index (χ0n) is 15.7. The number of nitrogens with zero attached hydrogens (tertiary/aromatic N) is 2. The van der Waals surface area contributed by atoms with Crippen LogP contribution in [0.3, 0.4) is 0 Å².